The Morgan fingerprint density at radius 3 is 1.97 bits per heavy atom. The molecule has 1 aliphatic rings. The van der Waals surface area contributed by atoms with Crippen molar-refractivity contribution in [3.63, 3.8) is 0 Å². The summed E-state index contributed by atoms with van der Waals surface area (Å²) in [7, 11) is 0.392. The number of allylic oxidation sites excluding steroid dienone is 3. The molecule has 2 unspecified atom stereocenters. The van der Waals surface area contributed by atoms with Crippen molar-refractivity contribution in [2.75, 3.05) is 7.11 Å². The summed E-state index contributed by atoms with van der Waals surface area (Å²) in [6, 6.07) is 12.2. The van der Waals surface area contributed by atoms with Gasteiger partial charge in [-0.1, -0.05) is 71.9 Å². The molecule has 0 aromatic heterocycles. The zero-order valence-electron chi connectivity index (χ0n) is 20.3. The van der Waals surface area contributed by atoms with Gasteiger partial charge < -0.3 is 4.74 Å². The summed E-state index contributed by atoms with van der Waals surface area (Å²) in [4.78, 5) is 5.82. The van der Waals surface area contributed by atoms with E-state index in [0.717, 1.165) is 22.0 Å². The largest absolute Gasteiger partial charge is 0.497 e. The van der Waals surface area contributed by atoms with Crippen LogP contribution in [0.1, 0.15) is 76.0 Å². The van der Waals surface area contributed by atoms with Crippen molar-refractivity contribution in [2.45, 2.75) is 69.4 Å². The predicted octanol–water partition coefficient (Wildman–Crippen LogP) is 7.44. The highest BCUT2D eigenvalue weighted by molar-refractivity contribution is 7.86. The maximum atomic E-state index is 14.2. The Morgan fingerprint density at radius 1 is 0.875 bits per heavy atom. The third-order valence-corrected chi connectivity index (χ3v) is 7.53. The molecule has 0 radical (unpaired) electrons. The Hall–Kier alpha value is -2.46. The summed E-state index contributed by atoms with van der Waals surface area (Å²) in [5.41, 5.74) is 5.32. The molecule has 0 N–H and O–H groups in total. The second-order valence-electron chi connectivity index (χ2n) is 9.19. The lowest BCUT2D eigenvalue weighted by molar-refractivity contribution is 0.415. The van der Waals surface area contributed by atoms with E-state index in [1.54, 1.807) is 7.11 Å². The fourth-order valence-electron chi connectivity index (χ4n) is 3.85. The molecule has 1 aliphatic carbocycles. The summed E-state index contributed by atoms with van der Waals surface area (Å²) in [6.07, 6.45) is 7.93. The molecule has 0 bridgehead atoms. The van der Waals surface area contributed by atoms with Gasteiger partial charge in [-0.05, 0) is 64.8 Å². The number of aliphatic imine (C=N–C) groups is 1. The quantitative estimate of drug-likeness (QED) is 0.440. The second-order valence-corrected chi connectivity index (χ2v) is 10.7. The van der Waals surface area contributed by atoms with Crippen LogP contribution < -0.4 is 4.74 Å². The lowest BCUT2D eigenvalue weighted by Crippen LogP contribution is -2.26. The molecule has 0 fully saturated rings. The van der Waals surface area contributed by atoms with Crippen LogP contribution in [0.4, 0.5) is 5.69 Å². The Labute approximate surface area is 195 Å². The topological polar surface area (TPSA) is 38.7 Å². The molecule has 170 valence electrons. The Bertz CT molecular complexity index is 1030. The molecule has 4 heteroatoms. The van der Waals surface area contributed by atoms with E-state index in [9.17, 15) is 4.21 Å². The Morgan fingerprint density at radius 2 is 1.47 bits per heavy atom. The first kappa shape index (κ1) is 24.2. The number of rotatable bonds is 7. The van der Waals surface area contributed by atoms with E-state index >= 15 is 0 Å². The molecule has 3 rings (SSSR count). The van der Waals surface area contributed by atoms with E-state index in [-0.39, 0.29) is 17.1 Å². The molecule has 0 amide bonds. The third-order valence-electron chi connectivity index (χ3n) is 5.80. The van der Waals surface area contributed by atoms with Crippen LogP contribution in [0.2, 0.25) is 0 Å². The van der Waals surface area contributed by atoms with Crippen LogP contribution >= 0.6 is 0 Å². The molecular weight excluding hydrogens is 414 g/mol. The van der Waals surface area contributed by atoms with Crippen molar-refractivity contribution in [1.82, 2.24) is 0 Å². The molecule has 0 spiro atoms. The first-order valence-corrected chi connectivity index (χ1v) is 12.6. The number of benzene rings is 2. The van der Waals surface area contributed by atoms with Crippen molar-refractivity contribution < 1.29 is 8.95 Å². The highest BCUT2D eigenvalue weighted by atomic mass is 32.2. The highest BCUT2D eigenvalue weighted by Gasteiger charge is 2.28. The van der Waals surface area contributed by atoms with Crippen LogP contribution in [-0.4, -0.2) is 22.3 Å². The van der Waals surface area contributed by atoms with Gasteiger partial charge in [0.05, 0.1) is 34.6 Å². The maximum Gasteiger partial charge on any atom is 0.119 e. The predicted molar refractivity (Wildman–Crippen MR) is 137 cm³/mol. The molecule has 2 atom stereocenters. The zero-order chi connectivity index (χ0) is 23.4. The van der Waals surface area contributed by atoms with Crippen LogP contribution in [0.25, 0.3) is 0 Å². The molecule has 32 heavy (non-hydrogen) atoms. The van der Waals surface area contributed by atoms with Gasteiger partial charge in [-0.25, -0.2) is 0 Å². The molecule has 0 saturated heterocycles. The maximum absolute atomic E-state index is 14.2. The monoisotopic (exact) mass is 449 g/mol. The van der Waals surface area contributed by atoms with E-state index in [1.165, 1.54) is 16.7 Å². The minimum atomic E-state index is -1.26. The summed E-state index contributed by atoms with van der Waals surface area (Å²) < 4.78 is 19.4. The Balaban J connectivity index is 2.10. The third kappa shape index (κ3) is 5.29. The first-order chi connectivity index (χ1) is 15.2. The lowest BCUT2D eigenvalue weighted by Gasteiger charge is -2.25. The van der Waals surface area contributed by atoms with Gasteiger partial charge in [0.1, 0.15) is 5.75 Å². The normalized spacial score (nSPS) is 18.2. The summed E-state index contributed by atoms with van der Waals surface area (Å²) in [5, 5.41) is -0.290. The van der Waals surface area contributed by atoms with Gasteiger partial charge in [0.25, 0.3) is 0 Å². The van der Waals surface area contributed by atoms with E-state index < -0.39 is 10.8 Å². The minimum absolute atomic E-state index is 0.287. The number of hydrogen-bond donors (Lipinski definition) is 0. The van der Waals surface area contributed by atoms with Crippen molar-refractivity contribution in [2.24, 2.45) is 4.99 Å². The average Bonchev–Trinajstić information content (AvgIpc) is 2.78. The van der Waals surface area contributed by atoms with Gasteiger partial charge in [0.2, 0.25) is 0 Å². The first-order valence-electron chi connectivity index (χ1n) is 11.4. The van der Waals surface area contributed by atoms with E-state index in [1.807, 2.05) is 48.6 Å². The Kier molecular flexibility index (Phi) is 7.89. The van der Waals surface area contributed by atoms with Crippen molar-refractivity contribution in [3.8, 4) is 5.75 Å². The summed E-state index contributed by atoms with van der Waals surface area (Å²) >= 11 is 0. The van der Waals surface area contributed by atoms with Crippen LogP contribution in [0.5, 0.6) is 5.75 Å². The van der Waals surface area contributed by atoms with Crippen molar-refractivity contribution >= 4 is 22.2 Å². The number of methoxy groups -OCH3 is 1. The van der Waals surface area contributed by atoms with Crippen molar-refractivity contribution in [1.29, 1.82) is 0 Å². The number of ether oxygens (including phenoxy) is 1. The van der Waals surface area contributed by atoms with Gasteiger partial charge in [-0.2, -0.15) is 0 Å². The fraction of sp³-hybridized carbons (Fsp3) is 0.393. The van der Waals surface area contributed by atoms with Crippen LogP contribution in [0, 0.1) is 0 Å². The molecule has 0 heterocycles. The van der Waals surface area contributed by atoms with Crippen LogP contribution in [0.3, 0.4) is 0 Å². The molecule has 3 nitrogen and oxygen atoms in total. The minimum Gasteiger partial charge on any atom is -0.497 e. The van der Waals surface area contributed by atoms with Gasteiger partial charge in [-0.15, -0.1) is 0 Å². The lowest BCUT2D eigenvalue weighted by atomic mass is 9.89. The summed E-state index contributed by atoms with van der Waals surface area (Å²) in [5.74, 6) is 1.80. The second kappa shape index (κ2) is 10.4. The average molecular weight is 450 g/mol. The van der Waals surface area contributed by atoms with E-state index in [0.29, 0.717) is 5.92 Å². The number of nitrogens with zero attached hydrogens (tertiary/aromatic N) is 1. The molecular formula is C28H35NO2S. The van der Waals surface area contributed by atoms with Crippen LogP contribution in [-0.2, 0) is 10.8 Å². The zero-order valence-corrected chi connectivity index (χ0v) is 21.1. The van der Waals surface area contributed by atoms with Gasteiger partial charge in [-0.3, -0.25) is 9.20 Å². The molecule has 0 aliphatic heterocycles. The SMILES string of the molecule is COc1ccc(N=C2C=CC=CC2S(=O)c2c(C(C)C)cc(C(C)C)cc2C(C)C)cc1. The fourth-order valence-corrected chi connectivity index (χ4v) is 5.74. The van der Waals surface area contributed by atoms with E-state index in [4.69, 9.17) is 9.73 Å². The molecule has 2 aromatic carbocycles. The van der Waals surface area contributed by atoms with Gasteiger partial charge in [0, 0.05) is 4.90 Å². The summed E-state index contributed by atoms with van der Waals surface area (Å²) in [6.45, 7) is 13.2. The molecule has 2 aromatic rings. The highest BCUT2D eigenvalue weighted by Crippen LogP contribution is 2.36. The van der Waals surface area contributed by atoms with Gasteiger partial charge in [0.15, 0.2) is 0 Å². The van der Waals surface area contributed by atoms with Crippen molar-refractivity contribution in [3.05, 3.63) is 77.4 Å². The van der Waals surface area contributed by atoms with Gasteiger partial charge >= 0.3 is 0 Å². The van der Waals surface area contributed by atoms with E-state index in [2.05, 4.69) is 53.7 Å². The molecule has 0 saturated carbocycles. The number of hydrogen-bond acceptors (Lipinski definition) is 3. The van der Waals surface area contributed by atoms with Crippen LogP contribution in [0.15, 0.2) is 70.6 Å². The standard InChI is InChI=1S/C28H35NO2S/c1-18(2)21-16-24(19(3)4)28(25(17-21)20(5)6)32(30)27-11-9-8-10-26(27)29-22-12-14-23(31-7)15-13-22/h8-20,27H,1-7H3. The smallest absolute Gasteiger partial charge is 0.119 e.